The van der Waals surface area contributed by atoms with Gasteiger partial charge in [0.05, 0.1) is 6.54 Å². The van der Waals surface area contributed by atoms with Gasteiger partial charge in [0.1, 0.15) is 5.67 Å². The van der Waals surface area contributed by atoms with Crippen LogP contribution in [0.5, 0.6) is 0 Å². The SMILES string of the molecule is NC(=O)NCC1(F)CCCCC1. The Morgan fingerprint density at radius 3 is 2.50 bits per heavy atom. The number of hydrogen-bond acceptors (Lipinski definition) is 1. The van der Waals surface area contributed by atoms with E-state index >= 15 is 0 Å². The lowest BCUT2D eigenvalue weighted by Crippen LogP contribution is -2.42. The van der Waals surface area contributed by atoms with E-state index in [1.165, 1.54) is 0 Å². The summed E-state index contributed by atoms with van der Waals surface area (Å²) in [7, 11) is 0. The minimum Gasteiger partial charge on any atom is -0.352 e. The van der Waals surface area contributed by atoms with E-state index in [1.807, 2.05) is 0 Å². The van der Waals surface area contributed by atoms with Gasteiger partial charge in [0, 0.05) is 0 Å². The molecule has 12 heavy (non-hydrogen) atoms. The Balaban J connectivity index is 2.31. The molecule has 70 valence electrons. The first-order valence-corrected chi connectivity index (χ1v) is 4.35. The summed E-state index contributed by atoms with van der Waals surface area (Å²) in [6, 6.07) is -0.641. The lowest BCUT2D eigenvalue weighted by Gasteiger charge is -2.29. The molecule has 1 aliphatic carbocycles. The molecule has 1 rings (SSSR count). The second-order valence-electron chi connectivity index (χ2n) is 3.43. The molecular weight excluding hydrogens is 159 g/mol. The number of amides is 2. The molecule has 0 heterocycles. The third kappa shape index (κ3) is 2.68. The molecule has 1 saturated carbocycles. The first kappa shape index (κ1) is 9.29. The fourth-order valence-corrected chi connectivity index (χ4v) is 1.61. The Kier molecular flexibility index (Phi) is 2.89. The van der Waals surface area contributed by atoms with Gasteiger partial charge in [-0.25, -0.2) is 9.18 Å². The molecule has 0 aromatic heterocycles. The Hall–Kier alpha value is -0.800. The third-order valence-corrected chi connectivity index (χ3v) is 2.33. The van der Waals surface area contributed by atoms with Gasteiger partial charge in [-0.3, -0.25) is 0 Å². The molecule has 0 atom stereocenters. The number of carbonyl (C=O) groups excluding carboxylic acids is 1. The van der Waals surface area contributed by atoms with Gasteiger partial charge in [0.15, 0.2) is 0 Å². The van der Waals surface area contributed by atoms with Gasteiger partial charge in [-0.15, -0.1) is 0 Å². The molecule has 3 N–H and O–H groups in total. The third-order valence-electron chi connectivity index (χ3n) is 2.33. The topological polar surface area (TPSA) is 55.1 Å². The Labute approximate surface area is 71.5 Å². The maximum absolute atomic E-state index is 13.7. The maximum Gasteiger partial charge on any atom is 0.312 e. The number of carbonyl (C=O) groups is 1. The van der Waals surface area contributed by atoms with Crippen LogP contribution in [0.25, 0.3) is 0 Å². The fraction of sp³-hybridized carbons (Fsp3) is 0.875. The zero-order valence-electron chi connectivity index (χ0n) is 7.11. The van der Waals surface area contributed by atoms with Crippen molar-refractivity contribution in [1.29, 1.82) is 0 Å². The fourth-order valence-electron chi connectivity index (χ4n) is 1.61. The summed E-state index contributed by atoms with van der Waals surface area (Å²) in [4.78, 5) is 10.3. The normalized spacial score (nSPS) is 21.8. The number of hydrogen-bond donors (Lipinski definition) is 2. The molecule has 0 bridgehead atoms. The van der Waals surface area contributed by atoms with E-state index in [0.717, 1.165) is 19.3 Å². The Bertz CT molecular complexity index is 166. The molecule has 3 nitrogen and oxygen atoms in total. The molecule has 4 heteroatoms. The van der Waals surface area contributed by atoms with Crippen molar-refractivity contribution in [2.24, 2.45) is 5.73 Å². The van der Waals surface area contributed by atoms with Crippen molar-refractivity contribution >= 4 is 6.03 Å². The molecule has 0 spiro atoms. The van der Waals surface area contributed by atoms with Gasteiger partial charge in [0.25, 0.3) is 0 Å². The standard InChI is InChI=1S/C8H15FN2O/c9-8(6-11-7(10)12)4-2-1-3-5-8/h1-6H2,(H3,10,11,12). The van der Waals surface area contributed by atoms with Crippen molar-refractivity contribution in [3.05, 3.63) is 0 Å². The highest BCUT2D eigenvalue weighted by Gasteiger charge is 2.31. The molecule has 0 radical (unpaired) electrons. The molecule has 0 aliphatic heterocycles. The monoisotopic (exact) mass is 174 g/mol. The minimum atomic E-state index is -1.20. The van der Waals surface area contributed by atoms with Crippen molar-refractivity contribution in [1.82, 2.24) is 5.32 Å². The number of nitrogens with one attached hydrogen (secondary N) is 1. The van der Waals surface area contributed by atoms with Gasteiger partial charge in [0.2, 0.25) is 0 Å². The van der Waals surface area contributed by atoms with Crippen LogP contribution in [0.4, 0.5) is 9.18 Å². The molecule has 1 aliphatic rings. The van der Waals surface area contributed by atoms with E-state index < -0.39 is 11.7 Å². The zero-order chi connectivity index (χ0) is 9.03. The summed E-state index contributed by atoms with van der Waals surface area (Å²) in [6.45, 7) is 0.0718. The van der Waals surface area contributed by atoms with Gasteiger partial charge in [-0.05, 0) is 12.8 Å². The lowest BCUT2D eigenvalue weighted by atomic mass is 9.86. The second kappa shape index (κ2) is 3.74. The smallest absolute Gasteiger partial charge is 0.312 e. The number of alkyl halides is 1. The molecule has 0 aromatic carbocycles. The largest absolute Gasteiger partial charge is 0.352 e. The van der Waals surface area contributed by atoms with Gasteiger partial charge in [-0.2, -0.15) is 0 Å². The second-order valence-corrected chi connectivity index (χ2v) is 3.43. The highest BCUT2D eigenvalue weighted by Crippen LogP contribution is 2.30. The summed E-state index contributed by atoms with van der Waals surface area (Å²) in [6.07, 6.45) is 4.02. The highest BCUT2D eigenvalue weighted by molar-refractivity contribution is 5.71. The number of halogens is 1. The Morgan fingerprint density at radius 1 is 1.42 bits per heavy atom. The zero-order valence-corrected chi connectivity index (χ0v) is 7.11. The van der Waals surface area contributed by atoms with Crippen molar-refractivity contribution in [2.45, 2.75) is 37.8 Å². The first-order valence-electron chi connectivity index (χ1n) is 4.35. The van der Waals surface area contributed by atoms with Crippen LogP contribution in [0, 0.1) is 0 Å². The minimum absolute atomic E-state index is 0.0718. The van der Waals surface area contributed by atoms with E-state index in [9.17, 15) is 9.18 Å². The summed E-state index contributed by atoms with van der Waals surface area (Å²) >= 11 is 0. The van der Waals surface area contributed by atoms with Crippen molar-refractivity contribution in [3.63, 3.8) is 0 Å². The number of nitrogens with two attached hydrogens (primary N) is 1. The Morgan fingerprint density at radius 2 is 2.00 bits per heavy atom. The van der Waals surface area contributed by atoms with Crippen LogP contribution in [-0.2, 0) is 0 Å². The predicted molar refractivity (Wildman–Crippen MR) is 44.5 cm³/mol. The number of urea groups is 1. The molecular formula is C8H15FN2O. The number of rotatable bonds is 2. The van der Waals surface area contributed by atoms with Gasteiger partial charge >= 0.3 is 6.03 Å². The average molecular weight is 174 g/mol. The van der Waals surface area contributed by atoms with E-state index in [1.54, 1.807) is 0 Å². The van der Waals surface area contributed by atoms with Crippen LogP contribution < -0.4 is 11.1 Å². The van der Waals surface area contributed by atoms with E-state index in [0.29, 0.717) is 12.8 Å². The summed E-state index contributed by atoms with van der Waals surface area (Å²) < 4.78 is 13.7. The van der Waals surface area contributed by atoms with E-state index in [4.69, 9.17) is 5.73 Å². The van der Waals surface area contributed by atoms with Crippen LogP contribution in [-0.4, -0.2) is 18.2 Å². The summed E-state index contributed by atoms with van der Waals surface area (Å²) in [5.74, 6) is 0. The molecule has 0 aromatic rings. The predicted octanol–water partition coefficient (Wildman–Crippen LogP) is 1.33. The van der Waals surface area contributed by atoms with Gasteiger partial charge < -0.3 is 11.1 Å². The van der Waals surface area contributed by atoms with Crippen molar-refractivity contribution < 1.29 is 9.18 Å². The van der Waals surface area contributed by atoms with Crippen LogP contribution in [0.3, 0.4) is 0 Å². The van der Waals surface area contributed by atoms with Crippen LogP contribution in [0.2, 0.25) is 0 Å². The molecule has 0 saturated heterocycles. The maximum atomic E-state index is 13.7. The molecule has 2 amide bonds. The lowest BCUT2D eigenvalue weighted by molar-refractivity contribution is 0.108. The van der Waals surface area contributed by atoms with E-state index in [2.05, 4.69) is 5.32 Å². The van der Waals surface area contributed by atoms with E-state index in [-0.39, 0.29) is 6.54 Å². The van der Waals surface area contributed by atoms with Crippen LogP contribution in [0.1, 0.15) is 32.1 Å². The van der Waals surface area contributed by atoms with Crippen LogP contribution in [0.15, 0.2) is 0 Å². The summed E-state index contributed by atoms with van der Waals surface area (Å²) in [5, 5.41) is 2.32. The quantitative estimate of drug-likeness (QED) is 0.652. The first-order chi connectivity index (χ1) is 5.62. The summed E-state index contributed by atoms with van der Waals surface area (Å²) in [5.41, 5.74) is 3.65. The van der Waals surface area contributed by atoms with Crippen molar-refractivity contribution in [3.8, 4) is 0 Å². The van der Waals surface area contributed by atoms with Crippen molar-refractivity contribution in [2.75, 3.05) is 6.54 Å². The number of primary amides is 1. The molecule has 1 fully saturated rings. The average Bonchev–Trinajstić information content (AvgIpc) is 2.03. The van der Waals surface area contributed by atoms with Gasteiger partial charge in [-0.1, -0.05) is 19.3 Å². The molecule has 0 unspecified atom stereocenters. The highest BCUT2D eigenvalue weighted by atomic mass is 19.1. The van der Waals surface area contributed by atoms with Crippen LogP contribution >= 0.6 is 0 Å².